The van der Waals surface area contributed by atoms with E-state index in [4.69, 9.17) is 4.74 Å². The summed E-state index contributed by atoms with van der Waals surface area (Å²) in [7, 11) is 1.60. The molecule has 0 bridgehead atoms. The maximum Gasteiger partial charge on any atom is 0.326 e. The van der Waals surface area contributed by atoms with Gasteiger partial charge in [-0.15, -0.1) is 0 Å². The normalized spacial score (nSPS) is 20.1. The van der Waals surface area contributed by atoms with Gasteiger partial charge in [-0.05, 0) is 36.0 Å². The average molecular weight is 376 g/mol. The quantitative estimate of drug-likeness (QED) is 0.672. The summed E-state index contributed by atoms with van der Waals surface area (Å²) in [5, 5.41) is 2.95. The van der Waals surface area contributed by atoms with E-state index in [0.717, 1.165) is 24.4 Å². The Bertz CT molecular complexity index is 647. The topological polar surface area (TPSA) is 61.9 Å². The molecular weight excluding hydrogens is 342 g/mol. The van der Waals surface area contributed by atoms with Gasteiger partial charge in [0, 0.05) is 13.1 Å². The molecule has 1 aromatic carbocycles. The number of carbonyl (C=O) groups excluding carboxylic acids is 2. The highest BCUT2D eigenvalue weighted by molar-refractivity contribution is 6.07. The van der Waals surface area contributed by atoms with Crippen molar-refractivity contribution in [1.82, 2.24) is 15.1 Å². The molecule has 1 atom stereocenters. The smallest absolute Gasteiger partial charge is 0.326 e. The number of carbonyl (C=O) groups is 2. The molecule has 1 saturated heterocycles. The molecule has 3 amide bonds. The lowest BCUT2D eigenvalue weighted by Gasteiger charge is -2.30. The van der Waals surface area contributed by atoms with Crippen LogP contribution in [0.4, 0.5) is 4.79 Å². The van der Waals surface area contributed by atoms with Crippen LogP contribution in [0.15, 0.2) is 24.3 Å². The van der Waals surface area contributed by atoms with Gasteiger partial charge in [0.15, 0.2) is 0 Å². The Morgan fingerprint density at radius 2 is 1.63 bits per heavy atom. The van der Waals surface area contributed by atoms with Crippen LogP contribution in [0.1, 0.15) is 46.6 Å². The lowest BCUT2D eigenvalue weighted by Crippen LogP contribution is -2.46. The van der Waals surface area contributed by atoms with E-state index in [-0.39, 0.29) is 11.9 Å². The summed E-state index contributed by atoms with van der Waals surface area (Å²) in [5.41, 5.74) is -0.226. The van der Waals surface area contributed by atoms with E-state index in [1.807, 2.05) is 31.2 Å². The van der Waals surface area contributed by atoms with Gasteiger partial charge in [-0.3, -0.25) is 9.69 Å². The first kappa shape index (κ1) is 21.2. The fraction of sp³-hybridized carbons (Fsp3) is 0.619. The van der Waals surface area contributed by atoms with E-state index in [2.05, 4.69) is 37.9 Å². The standard InChI is InChI=1S/C21H33N3O3/c1-7-21(17-8-10-18(27-6)11-9-17)19(25)24(20(26)22-21)14-23(12-15(2)3)13-16(4)5/h8-11,15-16H,7,12-14H2,1-6H3,(H,22,26)/t21-/m1/s1. The van der Waals surface area contributed by atoms with Crippen LogP contribution in [0.25, 0.3) is 0 Å². The van der Waals surface area contributed by atoms with Crippen LogP contribution in [0.2, 0.25) is 0 Å². The first-order valence-corrected chi connectivity index (χ1v) is 9.74. The maximum atomic E-state index is 13.3. The van der Waals surface area contributed by atoms with Crippen molar-refractivity contribution < 1.29 is 14.3 Å². The number of ether oxygens (including phenoxy) is 1. The van der Waals surface area contributed by atoms with Gasteiger partial charge in [0.25, 0.3) is 5.91 Å². The van der Waals surface area contributed by atoms with Gasteiger partial charge >= 0.3 is 6.03 Å². The van der Waals surface area contributed by atoms with Crippen molar-refractivity contribution in [3.8, 4) is 5.75 Å². The second-order valence-electron chi connectivity index (χ2n) is 8.12. The number of amides is 3. The number of imide groups is 1. The average Bonchev–Trinajstić information content (AvgIpc) is 2.85. The van der Waals surface area contributed by atoms with Crippen LogP contribution in [0, 0.1) is 11.8 Å². The number of benzene rings is 1. The molecule has 1 N–H and O–H groups in total. The zero-order chi connectivity index (χ0) is 20.2. The third-order valence-corrected chi connectivity index (χ3v) is 4.88. The Kier molecular flexibility index (Phi) is 6.87. The fourth-order valence-electron chi connectivity index (χ4n) is 3.69. The molecule has 0 spiro atoms. The van der Waals surface area contributed by atoms with E-state index >= 15 is 0 Å². The van der Waals surface area contributed by atoms with Crippen molar-refractivity contribution >= 4 is 11.9 Å². The second-order valence-corrected chi connectivity index (χ2v) is 8.12. The van der Waals surface area contributed by atoms with Crippen molar-refractivity contribution in [2.75, 3.05) is 26.9 Å². The number of urea groups is 1. The minimum Gasteiger partial charge on any atom is -0.497 e. The number of methoxy groups -OCH3 is 1. The third kappa shape index (κ3) is 4.61. The summed E-state index contributed by atoms with van der Waals surface area (Å²) in [5.74, 6) is 1.46. The number of hydrogen-bond donors (Lipinski definition) is 1. The molecule has 0 radical (unpaired) electrons. The van der Waals surface area contributed by atoms with Crippen molar-refractivity contribution in [2.24, 2.45) is 11.8 Å². The Morgan fingerprint density at radius 3 is 2.07 bits per heavy atom. The van der Waals surface area contributed by atoms with Crippen LogP contribution in [-0.2, 0) is 10.3 Å². The monoisotopic (exact) mass is 375 g/mol. The second kappa shape index (κ2) is 8.74. The van der Waals surface area contributed by atoms with Crippen molar-refractivity contribution in [2.45, 2.75) is 46.6 Å². The van der Waals surface area contributed by atoms with Gasteiger partial charge in [-0.2, -0.15) is 0 Å². The molecule has 0 saturated carbocycles. The highest BCUT2D eigenvalue weighted by Crippen LogP contribution is 2.33. The molecule has 1 aliphatic heterocycles. The van der Waals surface area contributed by atoms with Crippen LogP contribution in [0.5, 0.6) is 5.75 Å². The highest BCUT2D eigenvalue weighted by Gasteiger charge is 2.51. The fourth-order valence-corrected chi connectivity index (χ4v) is 3.69. The predicted molar refractivity (Wildman–Crippen MR) is 106 cm³/mol. The largest absolute Gasteiger partial charge is 0.497 e. The first-order valence-electron chi connectivity index (χ1n) is 9.74. The zero-order valence-corrected chi connectivity index (χ0v) is 17.4. The molecule has 0 aromatic heterocycles. The summed E-state index contributed by atoms with van der Waals surface area (Å²) in [4.78, 5) is 29.6. The lowest BCUT2D eigenvalue weighted by atomic mass is 9.87. The SMILES string of the molecule is CC[C@]1(c2ccc(OC)cc2)NC(=O)N(CN(CC(C)C)CC(C)C)C1=O. The summed E-state index contributed by atoms with van der Waals surface area (Å²) in [6.45, 7) is 12.5. The molecule has 1 aromatic rings. The van der Waals surface area contributed by atoms with E-state index in [9.17, 15) is 9.59 Å². The Hall–Kier alpha value is -2.08. The highest BCUT2D eigenvalue weighted by atomic mass is 16.5. The van der Waals surface area contributed by atoms with Crippen molar-refractivity contribution in [3.05, 3.63) is 29.8 Å². The minimum atomic E-state index is -1.01. The summed E-state index contributed by atoms with van der Waals surface area (Å²) in [6.07, 6.45) is 0.495. The molecule has 150 valence electrons. The number of nitrogens with one attached hydrogen (secondary N) is 1. The minimum absolute atomic E-state index is 0.183. The molecule has 1 heterocycles. The van der Waals surface area contributed by atoms with Gasteiger partial charge in [-0.1, -0.05) is 46.8 Å². The third-order valence-electron chi connectivity index (χ3n) is 4.88. The van der Waals surface area contributed by atoms with Crippen LogP contribution in [0.3, 0.4) is 0 Å². The number of hydrogen-bond acceptors (Lipinski definition) is 4. The summed E-state index contributed by atoms with van der Waals surface area (Å²) >= 11 is 0. The molecule has 6 nitrogen and oxygen atoms in total. The van der Waals surface area contributed by atoms with Crippen LogP contribution < -0.4 is 10.1 Å². The number of rotatable bonds is 9. The predicted octanol–water partition coefficient (Wildman–Crippen LogP) is 3.42. The summed E-state index contributed by atoms with van der Waals surface area (Å²) in [6, 6.07) is 7.01. The van der Waals surface area contributed by atoms with Crippen LogP contribution in [-0.4, -0.2) is 48.6 Å². The Labute approximate surface area is 162 Å². The molecule has 0 unspecified atom stereocenters. The molecule has 1 aliphatic rings. The molecule has 6 heteroatoms. The molecule has 0 aliphatic carbocycles. The molecule has 1 fully saturated rings. The van der Waals surface area contributed by atoms with Gasteiger partial charge in [0.2, 0.25) is 0 Å². The van der Waals surface area contributed by atoms with E-state index in [1.54, 1.807) is 7.11 Å². The van der Waals surface area contributed by atoms with Crippen molar-refractivity contribution in [3.63, 3.8) is 0 Å². The van der Waals surface area contributed by atoms with Crippen LogP contribution >= 0.6 is 0 Å². The van der Waals surface area contributed by atoms with Gasteiger partial charge in [0.1, 0.15) is 11.3 Å². The zero-order valence-electron chi connectivity index (χ0n) is 17.4. The summed E-state index contributed by atoms with van der Waals surface area (Å²) < 4.78 is 5.20. The molecule has 27 heavy (non-hydrogen) atoms. The van der Waals surface area contributed by atoms with Crippen molar-refractivity contribution in [1.29, 1.82) is 0 Å². The van der Waals surface area contributed by atoms with E-state index < -0.39 is 5.54 Å². The first-order chi connectivity index (χ1) is 12.7. The van der Waals surface area contributed by atoms with E-state index in [0.29, 0.717) is 24.9 Å². The van der Waals surface area contributed by atoms with E-state index in [1.165, 1.54) is 4.90 Å². The number of nitrogens with zero attached hydrogens (tertiary/aromatic N) is 2. The van der Waals surface area contributed by atoms with Gasteiger partial charge in [0.05, 0.1) is 13.8 Å². The maximum absolute atomic E-state index is 13.3. The van der Waals surface area contributed by atoms with Gasteiger partial charge in [-0.25, -0.2) is 9.69 Å². The molecule has 2 rings (SSSR count). The Morgan fingerprint density at radius 1 is 1.07 bits per heavy atom. The molecular formula is C21H33N3O3. The lowest BCUT2D eigenvalue weighted by molar-refractivity contribution is -0.133. The van der Waals surface area contributed by atoms with Gasteiger partial charge < -0.3 is 10.1 Å². The Balaban J connectivity index is 2.26.